The summed E-state index contributed by atoms with van der Waals surface area (Å²) in [6.07, 6.45) is 4.52. The van der Waals surface area contributed by atoms with E-state index in [1.165, 1.54) is 57.5 Å². The van der Waals surface area contributed by atoms with Crippen LogP contribution in [0, 0.1) is 0 Å². The Labute approximate surface area is 177 Å². The molecular weight excluding hydrogens is 368 g/mol. The van der Waals surface area contributed by atoms with Gasteiger partial charge in [0.05, 0.1) is 0 Å². The molecule has 3 aromatic rings. The molecule has 0 radical (unpaired) electrons. The Morgan fingerprint density at radius 1 is 0.933 bits per heavy atom. The number of primary amides is 1. The molecule has 30 heavy (non-hydrogen) atoms. The van der Waals surface area contributed by atoms with Crippen molar-refractivity contribution in [2.75, 3.05) is 11.9 Å². The van der Waals surface area contributed by atoms with Gasteiger partial charge in [-0.2, -0.15) is 0 Å². The summed E-state index contributed by atoms with van der Waals surface area (Å²) in [7, 11) is 0. The highest BCUT2D eigenvalue weighted by Gasteiger charge is 2.28. The number of allylic oxidation sites excluding steroid dienone is 1. The lowest BCUT2D eigenvalue weighted by atomic mass is 9.92. The van der Waals surface area contributed by atoms with Crippen molar-refractivity contribution in [3.05, 3.63) is 88.5 Å². The molecule has 1 amide bonds. The van der Waals surface area contributed by atoms with E-state index in [0.717, 1.165) is 24.9 Å². The summed E-state index contributed by atoms with van der Waals surface area (Å²) in [4.78, 5) is 11.6. The number of carbonyl (C=O) groups excluding carboxylic acids is 1. The molecule has 3 heteroatoms. The Bertz CT molecular complexity index is 1170. The zero-order valence-electron chi connectivity index (χ0n) is 17.3. The Balaban J connectivity index is 1.46. The standard InChI is InChI=1S/C27H26N2O/c1-2-3-4-17-5-7-18(8-6-17)19-11-12-22-24-13-20-9-10-21(27(28)30)14-23(20)25(24)16-29-26(22)15-19/h5-12,14-15,29H,2-4,13,16H2,1H3,(H2,28,30). The van der Waals surface area contributed by atoms with E-state index in [9.17, 15) is 4.79 Å². The number of fused-ring (bicyclic) bond motifs is 4. The zero-order valence-corrected chi connectivity index (χ0v) is 17.3. The van der Waals surface area contributed by atoms with Crippen LogP contribution in [0.3, 0.4) is 0 Å². The minimum atomic E-state index is -0.374. The van der Waals surface area contributed by atoms with Crippen LogP contribution < -0.4 is 11.1 Å². The number of aryl methyl sites for hydroxylation is 1. The van der Waals surface area contributed by atoms with Gasteiger partial charge in [-0.25, -0.2) is 0 Å². The molecule has 1 heterocycles. The van der Waals surface area contributed by atoms with Crippen LogP contribution in [0.5, 0.6) is 0 Å². The summed E-state index contributed by atoms with van der Waals surface area (Å²) in [6, 6.07) is 21.5. The summed E-state index contributed by atoms with van der Waals surface area (Å²) in [6.45, 7) is 3.01. The number of anilines is 1. The van der Waals surface area contributed by atoms with Crippen molar-refractivity contribution >= 4 is 22.7 Å². The van der Waals surface area contributed by atoms with Crippen LogP contribution >= 0.6 is 0 Å². The number of hydrogen-bond acceptors (Lipinski definition) is 2. The summed E-state index contributed by atoms with van der Waals surface area (Å²) in [5.41, 5.74) is 17.5. The molecule has 2 aliphatic rings. The topological polar surface area (TPSA) is 55.1 Å². The highest BCUT2D eigenvalue weighted by atomic mass is 16.1. The number of hydrogen-bond donors (Lipinski definition) is 2. The third-order valence-electron chi connectivity index (χ3n) is 6.36. The number of amides is 1. The van der Waals surface area contributed by atoms with E-state index in [1.807, 2.05) is 18.2 Å². The molecule has 150 valence electrons. The number of benzene rings is 3. The van der Waals surface area contributed by atoms with Gasteiger partial charge in [0.15, 0.2) is 0 Å². The van der Waals surface area contributed by atoms with E-state index in [4.69, 9.17) is 5.73 Å². The molecule has 1 aliphatic carbocycles. The summed E-state index contributed by atoms with van der Waals surface area (Å²) in [5, 5.41) is 3.60. The van der Waals surface area contributed by atoms with E-state index >= 15 is 0 Å². The predicted molar refractivity (Wildman–Crippen MR) is 124 cm³/mol. The van der Waals surface area contributed by atoms with Gasteiger partial charge in [0.25, 0.3) is 0 Å². The zero-order chi connectivity index (χ0) is 20.7. The second-order valence-electron chi connectivity index (χ2n) is 8.28. The molecular formula is C27H26N2O. The fourth-order valence-corrected chi connectivity index (χ4v) is 4.65. The molecule has 0 aromatic heterocycles. The minimum Gasteiger partial charge on any atom is -0.380 e. The van der Waals surface area contributed by atoms with E-state index in [1.54, 1.807) is 0 Å². The molecule has 0 unspecified atom stereocenters. The molecule has 3 N–H and O–H groups in total. The molecule has 1 aliphatic heterocycles. The molecule has 0 spiro atoms. The minimum absolute atomic E-state index is 0.374. The number of rotatable bonds is 5. The molecule has 3 nitrogen and oxygen atoms in total. The second kappa shape index (κ2) is 7.49. The van der Waals surface area contributed by atoms with Gasteiger partial charge in [0.1, 0.15) is 0 Å². The largest absolute Gasteiger partial charge is 0.380 e. The lowest BCUT2D eigenvalue weighted by molar-refractivity contribution is 0.100. The van der Waals surface area contributed by atoms with Gasteiger partial charge < -0.3 is 11.1 Å². The van der Waals surface area contributed by atoms with Crippen LogP contribution in [0.15, 0.2) is 60.7 Å². The molecule has 0 bridgehead atoms. The van der Waals surface area contributed by atoms with Crippen molar-refractivity contribution in [3.8, 4) is 11.1 Å². The third-order valence-corrected chi connectivity index (χ3v) is 6.36. The predicted octanol–water partition coefficient (Wildman–Crippen LogP) is 5.69. The molecule has 3 aromatic carbocycles. The Kier molecular flexibility index (Phi) is 4.66. The second-order valence-corrected chi connectivity index (χ2v) is 8.28. The van der Waals surface area contributed by atoms with Crippen molar-refractivity contribution in [2.24, 2.45) is 5.73 Å². The Hall–Kier alpha value is -3.33. The van der Waals surface area contributed by atoms with Gasteiger partial charge in [0, 0.05) is 23.4 Å². The van der Waals surface area contributed by atoms with Gasteiger partial charge in [-0.15, -0.1) is 0 Å². The monoisotopic (exact) mass is 394 g/mol. The first-order valence-corrected chi connectivity index (χ1v) is 10.8. The lowest BCUT2D eigenvalue weighted by Crippen LogP contribution is -2.13. The average Bonchev–Trinajstić information content (AvgIpc) is 3.16. The van der Waals surface area contributed by atoms with Gasteiger partial charge in [-0.05, 0) is 76.4 Å². The molecule has 0 saturated carbocycles. The summed E-state index contributed by atoms with van der Waals surface area (Å²) >= 11 is 0. The maximum absolute atomic E-state index is 11.6. The highest BCUT2D eigenvalue weighted by molar-refractivity contribution is 6.05. The van der Waals surface area contributed by atoms with Gasteiger partial charge in [-0.3, -0.25) is 4.79 Å². The normalized spacial score (nSPS) is 14.0. The molecule has 0 atom stereocenters. The molecule has 0 saturated heterocycles. The van der Waals surface area contributed by atoms with Crippen LogP contribution in [-0.2, 0) is 12.8 Å². The maximum Gasteiger partial charge on any atom is 0.248 e. The van der Waals surface area contributed by atoms with Crippen molar-refractivity contribution < 1.29 is 4.79 Å². The maximum atomic E-state index is 11.6. The van der Waals surface area contributed by atoms with Crippen LogP contribution in [0.1, 0.15) is 52.4 Å². The first-order valence-electron chi connectivity index (χ1n) is 10.8. The van der Waals surface area contributed by atoms with E-state index in [2.05, 4.69) is 54.7 Å². The number of unbranched alkanes of at least 4 members (excludes halogenated alkanes) is 1. The fraction of sp³-hybridized carbons (Fsp3) is 0.222. The van der Waals surface area contributed by atoms with Crippen LogP contribution in [0.2, 0.25) is 0 Å². The van der Waals surface area contributed by atoms with Gasteiger partial charge in [0.2, 0.25) is 5.91 Å². The van der Waals surface area contributed by atoms with E-state index in [0.29, 0.717) is 5.56 Å². The van der Waals surface area contributed by atoms with Crippen LogP contribution in [0.25, 0.3) is 22.3 Å². The number of nitrogens with two attached hydrogens (primary N) is 1. The van der Waals surface area contributed by atoms with Crippen LogP contribution in [-0.4, -0.2) is 12.5 Å². The number of nitrogens with one attached hydrogen (secondary N) is 1. The summed E-state index contributed by atoms with van der Waals surface area (Å²) in [5.74, 6) is -0.374. The fourth-order valence-electron chi connectivity index (χ4n) is 4.65. The first-order chi connectivity index (χ1) is 14.6. The van der Waals surface area contributed by atoms with Gasteiger partial charge >= 0.3 is 0 Å². The lowest BCUT2D eigenvalue weighted by Gasteiger charge is -2.22. The SMILES string of the molecule is CCCCc1ccc(-c2ccc3c(c2)NCC2=C3Cc3ccc(C(N)=O)cc32)cc1. The third kappa shape index (κ3) is 3.21. The molecule has 5 rings (SSSR count). The van der Waals surface area contributed by atoms with Crippen molar-refractivity contribution in [1.29, 1.82) is 0 Å². The highest BCUT2D eigenvalue weighted by Crippen LogP contribution is 2.44. The first kappa shape index (κ1) is 18.7. The van der Waals surface area contributed by atoms with Crippen molar-refractivity contribution in [1.82, 2.24) is 0 Å². The Morgan fingerprint density at radius 3 is 2.50 bits per heavy atom. The van der Waals surface area contributed by atoms with E-state index < -0.39 is 0 Å². The Morgan fingerprint density at radius 2 is 1.73 bits per heavy atom. The van der Waals surface area contributed by atoms with Gasteiger partial charge in [-0.1, -0.05) is 55.8 Å². The average molecular weight is 395 g/mol. The number of carbonyl (C=O) groups is 1. The van der Waals surface area contributed by atoms with E-state index in [-0.39, 0.29) is 5.91 Å². The summed E-state index contributed by atoms with van der Waals surface area (Å²) < 4.78 is 0. The molecule has 0 fully saturated rings. The van der Waals surface area contributed by atoms with Crippen molar-refractivity contribution in [3.63, 3.8) is 0 Å². The van der Waals surface area contributed by atoms with Crippen molar-refractivity contribution in [2.45, 2.75) is 32.6 Å². The quantitative estimate of drug-likeness (QED) is 0.584. The van der Waals surface area contributed by atoms with Crippen LogP contribution in [0.4, 0.5) is 5.69 Å². The smallest absolute Gasteiger partial charge is 0.248 e.